The maximum absolute atomic E-state index is 12.1. The molecule has 6 nitrogen and oxygen atoms in total. The molecule has 0 aliphatic carbocycles. The van der Waals surface area contributed by atoms with Crippen LogP contribution in [-0.2, 0) is 6.54 Å². The average molecular weight is 351 g/mol. The van der Waals surface area contributed by atoms with Crippen LogP contribution in [0.1, 0.15) is 5.56 Å². The lowest BCUT2D eigenvalue weighted by atomic mass is 10.2. The van der Waals surface area contributed by atoms with Crippen LogP contribution in [0.4, 0.5) is 10.5 Å². The minimum Gasteiger partial charge on any atom is -0.497 e. The molecule has 0 unspecified atom stereocenters. The minimum absolute atomic E-state index is 0.308. The van der Waals surface area contributed by atoms with Gasteiger partial charge in [0.15, 0.2) is 0 Å². The molecule has 2 aromatic rings. The van der Waals surface area contributed by atoms with Crippen LogP contribution in [0.2, 0.25) is 5.02 Å². The van der Waals surface area contributed by atoms with Gasteiger partial charge in [-0.1, -0.05) is 11.6 Å². The second-order valence-electron chi connectivity index (χ2n) is 4.87. The smallest absolute Gasteiger partial charge is 0.319 e. The maximum atomic E-state index is 12.1. The number of urea groups is 1. The molecule has 0 aromatic heterocycles. The molecule has 0 saturated carbocycles. The second kappa shape index (κ2) is 8.31. The molecule has 0 bridgehead atoms. The van der Waals surface area contributed by atoms with Gasteiger partial charge in [-0.3, -0.25) is 0 Å². The number of halogens is 1. The van der Waals surface area contributed by atoms with E-state index in [4.69, 9.17) is 25.8 Å². The van der Waals surface area contributed by atoms with E-state index in [9.17, 15) is 4.79 Å². The van der Waals surface area contributed by atoms with Crippen LogP contribution in [0, 0.1) is 0 Å². The number of ether oxygens (including phenoxy) is 3. The Hall–Kier alpha value is -2.60. The molecule has 2 amide bonds. The first kappa shape index (κ1) is 17.7. The number of hydrogen-bond donors (Lipinski definition) is 2. The van der Waals surface area contributed by atoms with Crippen molar-refractivity contribution in [1.82, 2.24) is 5.32 Å². The first-order valence-corrected chi connectivity index (χ1v) is 7.54. The number of hydrogen-bond acceptors (Lipinski definition) is 4. The first-order chi connectivity index (χ1) is 11.5. The van der Waals surface area contributed by atoms with Gasteiger partial charge in [-0.25, -0.2) is 4.79 Å². The summed E-state index contributed by atoms with van der Waals surface area (Å²) in [5, 5.41) is 5.97. The fraction of sp³-hybridized carbons (Fsp3) is 0.235. The summed E-state index contributed by atoms with van der Waals surface area (Å²) >= 11 is 5.94. The Morgan fingerprint density at radius 1 is 1.00 bits per heavy atom. The van der Waals surface area contributed by atoms with E-state index in [1.54, 1.807) is 38.5 Å². The van der Waals surface area contributed by atoms with E-state index >= 15 is 0 Å². The molecule has 0 saturated heterocycles. The minimum atomic E-state index is -0.377. The standard InChI is InChI=1S/C17H19ClN2O4/c1-22-13-6-11(7-14(9-13)23-2)10-19-17(21)20-15-8-12(18)4-5-16(15)24-3/h4-9H,10H2,1-3H3,(H2,19,20,21). The molecule has 0 fully saturated rings. The van der Waals surface area contributed by atoms with E-state index in [0.717, 1.165) is 5.56 Å². The Balaban J connectivity index is 2.02. The van der Waals surface area contributed by atoms with Gasteiger partial charge in [-0.2, -0.15) is 0 Å². The van der Waals surface area contributed by atoms with Crippen LogP contribution in [0.5, 0.6) is 17.2 Å². The van der Waals surface area contributed by atoms with Crippen molar-refractivity contribution in [1.29, 1.82) is 0 Å². The molecule has 2 N–H and O–H groups in total. The highest BCUT2D eigenvalue weighted by Gasteiger charge is 2.09. The molecule has 2 aromatic carbocycles. The van der Waals surface area contributed by atoms with E-state index < -0.39 is 0 Å². The molecule has 7 heteroatoms. The van der Waals surface area contributed by atoms with E-state index in [0.29, 0.717) is 34.5 Å². The Kier molecular flexibility index (Phi) is 6.14. The fourth-order valence-corrected chi connectivity index (χ4v) is 2.27. The zero-order valence-electron chi connectivity index (χ0n) is 13.7. The van der Waals surface area contributed by atoms with Crippen molar-refractivity contribution < 1.29 is 19.0 Å². The number of nitrogens with one attached hydrogen (secondary N) is 2. The summed E-state index contributed by atoms with van der Waals surface area (Å²) in [7, 11) is 4.67. The normalized spacial score (nSPS) is 10.0. The number of methoxy groups -OCH3 is 3. The molecule has 0 aliphatic heterocycles. The lowest BCUT2D eigenvalue weighted by Gasteiger charge is -2.12. The van der Waals surface area contributed by atoms with Crippen molar-refractivity contribution in [3.05, 3.63) is 47.0 Å². The third-order valence-electron chi connectivity index (χ3n) is 3.27. The van der Waals surface area contributed by atoms with Crippen LogP contribution < -0.4 is 24.8 Å². The highest BCUT2D eigenvalue weighted by Crippen LogP contribution is 2.27. The predicted octanol–water partition coefficient (Wildman–Crippen LogP) is 3.69. The van der Waals surface area contributed by atoms with Gasteiger partial charge in [-0.15, -0.1) is 0 Å². The Labute approximate surface area is 145 Å². The van der Waals surface area contributed by atoms with Crippen LogP contribution in [0.15, 0.2) is 36.4 Å². The first-order valence-electron chi connectivity index (χ1n) is 7.16. The van der Waals surface area contributed by atoms with Crippen molar-refractivity contribution >= 4 is 23.3 Å². The van der Waals surface area contributed by atoms with Gasteiger partial charge < -0.3 is 24.8 Å². The number of carbonyl (C=O) groups excluding carboxylic acids is 1. The van der Waals surface area contributed by atoms with Gasteiger partial charge in [0.2, 0.25) is 0 Å². The summed E-state index contributed by atoms with van der Waals surface area (Å²) in [4.78, 5) is 12.1. The zero-order chi connectivity index (χ0) is 17.5. The van der Waals surface area contributed by atoms with E-state index in [2.05, 4.69) is 10.6 Å². The summed E-state index contributed by atoms with van der Waals surface area (Å²) in [6, 6.07) is 10.0. The average Bonchev–Trinajstić information content (AvgIpc) is 2.59. The van der Waals surface area contributed by atoms with Crippen molar-refractivity contribution in [2.24, 2.45) is 0 Å². The third kappa shape index (κ3) is 4.70. The predicted molar refractivity (Wildman–Crippen MR) is 93.4 cm³/mol. The quantitative estimate of drug-likeness (QED) is 0.833. The summed E-state index contributed by atoms with van der Waals surface area (Å²) in [5.74, 6) is 1.84. The van der Waals surface area contributed by atoms with Crippen molar-refractivity contribution in [2.75, 3.05) is 26.6 Å². The van der Waals surface area contributed by atoms with Gasteiger partial charge in [0, 0.05) is 17.6 Å². The van der Waals surface area contributed by atoms with Crippen molar-refractivity contribution in [3.8, 4) is 17.2 Å². The Bertz CT molecular complexity index is 699. The SMILES string of the molecule is COc1cc(CNC(=O)Nc2cc(Cl)ccc2OC)cc(OC)c1. The van der Waals surface area contributed by atoms with Gasteiger partial charge >= 0.3 is 6.03 Å². The van der Waals surface area contributed by atoms with Crippen LogP contribution >= 0.6 is 11.6 Å². The van der Waals surface area contributed by atoms with E-state index in [-0.39, 0.29) is 6.03 Å². The molecule has 0 spiro atoms. The number of anilines is 1. The van der Waals surface area contributed by atoms with Crippen LogP contribution in [0.3, 0.4) is 0 Å². The molecule has 0 atom stereocenters. The summed E-state index contributed by atoms with van der Waals surface area (Å²) in [6.45, 7) is 0.308. The molecule has 128 valence electrons. The second-order valence-corrected chi connectivity index (χ2v) is 5.31. The number of carbonyl (C=O) groups is 1. The lowest BCUT2D eigenvalue weighted by Crippen LogP contribution is -2.28. The Morgan fingerprint density at radius 2 is 1.67 bits per heavy atom. The number of benzene rings is 2. The summed E-state index contributed by atoms with van der Waals surface area (Å²) < 4.78 is 15.6. The third-order valence-corrected chi connectivity index (χ3v) is 3.51. The fourth-order valence-electron chi connectivity index (χ4n) is 2.10. The maximum Gasteiger partial charge on any atom is 0.319 e. The summed E-state index contributed by atoms with van der Waals surface area (Å²) in [5.41, 5.74) is 1.34. The number of amides is 2. The molecule has 0 heterocycles. The van der Waals surface area contributed by atoms with E-state index in [1.807, 2.05) is 12.1 Å². The number of rotatable bonds is 6. The van der Waals surface area contributed by atoms with Crippen LogP contribution in [-0.4, -0.2) is 27.4 Å². The molecule has 24 heavy (non-hydrogen) atoms. The summed E-state index contributed by atoms with van der Waals surface area (Å²) in [6.07, 6.45) is 0. The molecule has 0 radical (unpaired) electrons. The zero-order valence-corrected chi connectivity index (χ0v) is 14.4. The van der Waals surface area contributed by atoms with Gasteiger partial charge in [0.05, 0.1) is 27.0 Å². The van der Waals surface area contributed by atoms with Gasteiger partial charge in [-0.05, 0) is 35.9 Å². The monoisotopic (exact) mass is 350 g/mol. The highest BCUT2D eigenvalue weighted by atomic mass is 35.5. The highest BCUT2D eigenvalue weighted by molar-refractivity contribution is 6.31. The molecule has 0 aliphatic rings. The molecule has 2 rings (SSSR count). The Morgan fingerprint density at radius 3 is 2.25 bits per heavy atom. The van der Waals surface area contributed by atoms with Crippen molar-refractivity contribution in [3.63, 3.8) is 0 Å². The van der Waals surface area contributed by atoms with E-state index in [1.165, 1.54) is 7.11 Å². The topological polar surface area (TPSA) is 68.8 Å². The molecular weight excluding hydrogens is 332 g/mol. The van der Waals surface area contributed by atoms with Gasteiger partial charge in [0.1, 0.15) is 17.2 Å². The largest absolute Gasteiger partial charge is 0.497 e. The lowest BCUT2D eigenvalue weighted by molar-refractivity contribution is 0.251. The molecular formula is C17H19ClN2O4. The van der Waals surface area contributed by atoms with Crippen LogP contribution in [0.25, 0.3) is 0 Å². The van der Waals surface area contributed by atoms with Crippen molar-refractivity contribution in [2.45, 2.75) is 6.54 Å². The van der Waals surface area contributed by atoms with Gasteiger partial charge in [0.25, 0.3) is 0 Å².